The molecule has 0 aliphatic rings. The molecule has 0 unspecified atom stereocenters. The number of amides is 1. The summed E-state index contributed by atoms with van der Waals surface area (Å²) in [5, 5.41) is 14.6. The molecule has 0 aliphatic carbocycles. The van der Waals surface area contributed by atoms with Gasteiger partial charge in [-0.2, -0.15) is 5.26 Å². The van der Waals surface area contributed by atoms with Crippen LogP contribution in [0.2, 0.25) is 5.02 Å². The van der Waals surface area contributed by atoms with Gasteiger partial charge in [0.05, 0.1) is 34.1 Å². The van der Waals surface area contributed by atoms with Gasteiger partial charge in [-0.25, -0.2) is 4.39 Å². The molecule has 0 spiro atoms. The van der Waals surface area contributed by atoms with Crippen LogP contribution in [-0.2, 0) is 0 Å². The first-order chi connectivity index (χ1) is 12.5. The molecule has 0 saturated carbocycles. The lowest BCUT2D eigenvalue weighted by atomic mass is 10.2. The molecule has 26 heavy (non-hydrogen) atoms. The van der Waals surface area contributed by atoms with E-state index >= 15 is 0 Å². The van der Waals surface area contributed by atoms with E-state index in [9.17, 15) is 9.18 Å². The number of nitriles is 1. The van der Waals surface area contributed by atoms with Gasteiger partial charge in [0.25, 0.3) is 5.91 Å². The fourth-order valence-corrected chi connectivity index (χ4v) is 2.42. The molecule has 0 atom stereocenters. The Morgan fingerprint density at radius 1 is 1.08 bits per heavy atom. The number of rotatable bonds is 4. The summed E-state index contributed by atoms with van der Waals surface area (Å²) in [5.74, 6) is -0.878. The van der Waals surface area contributed by atoms with Crippen LogP contribution in [0.5, 0.6) is 0 Å². The molecule has 0 bridgehead atoms. The first-order valence-electron chi connectivity index (χ1n) is 7.54. The van der Waals surface area contributed by atoms with E-state index in [1.807, 2.05) is 6.07 Å². The SMILES string of the molecule is N#Cc1cccc(NC(=O)c2cncc(Nc3ccc(F)c(Cl)c3)c2)c1. The highest BCUT2D eigenvalue weighted by Crippen LogP contribution is 2.23. The summed E-state index contributed by atoms with van der Waals surface area (Å²) in [6, 6.07) is 14.4. The second kappa shape index (κ2) is 7.64. The minimum absolute atomic E-state index is 0.00534. The molecule has 128 valence electrons. The minimum Gasteiger partial charge on any atom is -0.354 e. The summed E-state index contributed by atoms with van der Waals surface area (Å²) in [4.78, 5) is 16.4. The highest BCUT2D eigenvalue weighted by molar-refractivity contribution is 6.31. The largest absolute Gasteiger partial charge is 0.354 e. The van der Waals surface area contributed by atoms with Crippen molar-refractivity contribution in [3.8, 4) is 6.07 Å². The molecule has 5 nitrogen and oxygen atoms in total. The maximum Gasteiger partial charge on any atom is 0.257 e. The Labute approximate surface area is 154 Å². The number of nitrogens with one attached hydrogen (secondary N) is 2. The molecule has 1 heterocycles. The maximum atomic E-state index is 13.2. The van der Waals surface area contributed by atoms with E-state index < -0.39 is 5.82 Å². The van der Waals surface area contributed by atoms with Crippen molar-refractivity contribution in [3.63, 3.8) is 0 Å². The zero-order valence-electron chi connectivity index (χ0n) is 13.3. The highest BCUT2D eigenvalue weighted by atomic mass is 35.5. The zero-order chi connectivity index (χ0) is 18.5. The number of hydrogen-bond acceptors (Lipinski definition) is 4. The van der Waals surface area contributed by atoms with Crippen molar-refractivity contribution in [1.82, 2.24) is 4.98 Å². The van der Waals surface area contributed by atoms with Gasteiger partial charge < -0.3 is 10.6 Å². The van der Waals surface area contributed by atoms with Crippen molar-refractivity contribution in [2.75, 3.05) is 10.6 Å². The van der Waals surface area contributed by atoms with E-state index in [2.05, 4.69) is 15.6 Å². The molecular formula is C19H12ClFN4O. The number of pyridine rings is 1. The molecule has 2 N–H and O–H groups in total. The quantitative estimate of drug-likeness (QED) is 0.699. The van der Waals surface area contributed by atoms with Crippen molar-refractivity contribution in [2.45, 2.75) is 0 Å². The summed E-state index contributed by atoms with van der Waals surface area (Å²) in [6.07, 6.45) is 2.96. The van der Waals surface area contributed by atoms with Gasteiger partial charge in [0.1, 0.15) is 5.82 Å². The van der Waals surface area contributed by atoms with E-state index in [0.717, 1.165) is 0 Å². The Morgan fingerprint density at radius 2 is 1.92 bits per heavy atom. The average molecular weight is 367 g/mol. The van der Waals surface area contributed by atoms with Gasteiger partial charge >= 0.3 is 0 Å². The molecule has 0 fully saturated rings. The van der Waals surface area contributed by atoms with Gasteiger partial charge in [0.2, 0.25) is 0 Å². The number of halogens is 2. The Bertz CT molecular complexity index is 1020. The fraction of sp³-hybridized carbons (Fsp3) is 0. The standard InChI is InChI=1S/C19H12ClFN4O/c20-17-8-15(4-5-18(17)21)24-16-7-13(10-23-11-16)19(26)25-14-3-1-2-12(6-14)9-22/h1-8,10-11,24H,(H,25,26). The molecule has 1 aromatic heterocycles. The second-order valence-electron chi connectivity index (χ2n) is 5.36. The smallest absolute Gasteiger partial charge is 0.257 e. The topological polar surface area (TPSA) is 77.8 Å². The second-order valence-corrected chi connectivity index (χ2v) is 5.77. The number of anilines is 3. The van der Waals surface area contributed by atoms with Crippen molar-refractivity contribution in [1.29, 1.82) is 5.26 Å². The Morgan fingerprint density at radius 3 is 2.69 bits per heavy atom. The molecule has 0 saturated heterocycles. The summed E-state index contributed by atoms with van der Waals surface area (Å²) in [7, 11) is 0. The number of carbonyl (C=O) groups excluding carboxylic acids is 1. The molecule has 3 aromatic rings. The fourth-order valence-electron chi connectivity index (χ4n) is 2.24. The third kappa shape index (κ3) is 4.15. The van der Waals surface area contributed by atoms with Gasteiger partial charge in [-0.05, 0) is 42.5 Å². The number of carbonyl (C=O) groups is 1. The van der Waals surface area contributed by atoms with Gasteiger partial charge in [-0.3, -0.25) is 9.78 Å². The van der Waals surface area contributed by atoms with Gasteiger partial charge in [-0.15, -0.1) is 0 Å². The number of benzene rings is 2. The van der Waals surface area contributed by atoms with E-state index in [4.69, 9.17) is 16.9 Å². The van der Waals surface area contributed by atoms with Gasteiger partial charge in [-0.1, -0.05) is 17.7 Å². The first-order valence-corrected chi connectivity index (χ1v) is 7.91. The van der Waals surface area contributed by atoms with E-state index in [0.29, 0.717) is 28.2 Å². The first kappa shape index (κ1) is 17.4. The monoisotopic (exact) mass is 366 g/mol. The van der Waals surface area contributed by atoms with Crippen LogP contribution >= 0.6 is 11.6 Å². The summed E-state index contributed by atoms with van der Waals surface area (Å²) in [6.45, 7) is 0. The number of aromatic nitrogens is 1. The summed E-state index contributed by atoms with van der Waals surface area (Å²) in [5.41, 5.74) is 2.40. The van der Waals surface area contributed by atoms with Crippen LogP contribution in [0.1, 0.15) is 15.9 Å². The van der Waals surface area contributed by atoms with Crippen LogP contribution in [-0.4, -0.2) is 10.9 Å². The van der Waals surface area contributed by atoms with Crippen LogP contribution in [0.15, 0.2) is 60.9 Å². The van der Waals surface area contributed by atoms with Crippen LogP contribution < -0.4 is 10.6 Å². The van der Waals surface area contributed by atoms with Crippen molar-refractivity contribution in [3.05, 3.63) is 82.9 Å². The average Bonchev–Trinajstić information content (AvgIpc) is 2.65. The summed E-state index contributed by atoms with van der Waals surface area (Å²) >= 11 is 5.76. The third-order valence-corrected chi connectivity index (χ3v) is 3.75. The van der Waals surface area contributed by atoms with Gasteiger partial charge in [0, 0.05) is 17.6 Å². The molecule has 7 heteroatoms. The van der Waals surface area contributed by atoms with Gasteiger partial charge in [0.15, 0.2) is 0 Å². The summed E-state index contributed by atoms with van der Waals surface area (Å²) < 4.78 is 13.2. The normalized spacial score (nSPS) is 10.0. The van der Waals surface area contributed by atoms with E-state index in [-0.39, 0.29) is 10.9 Å². The van der Waals surface area contributed by atoms with Crippen molar-refractivity contribution < 1.29 is 9.18 Å². The zero-order valence-corrected chi connectivity index (χ0v) is 14.1. The number of nitrogens with zero attached hydrogens (tertiary/aromatic N) is 2. The molecule has 3 rings (SSSR count). The van der Waals surface area contributed by atoms with Crippen LogP contribution in [0, 0.1) is 17.1 Å². The Kier molecular flexibility index (Phi) is 5.11. The van der Waals surface area contributed by atoms with Crippen LogP contribution in [0.3, 0.4) is 0 Å². The molecule has 1 amide bonds. The molecular weight excluding hydrogens is 355 g/mol. The lowest BCUT2D eigenvalue weighted by molar-refractivity contribution is 0.102. The lowest BCUT2D eigenvalue weighted by Gasteiger charge is -2.09. The highest BCUT2D eigenvalue weighted by Gasteiger charge is 2.09. The van der Waals surface area contributed by atoms with Crippen molar-refractivity contribution in [2.24, 2.45) is 0 Å². The van der Waals surface area contributed by atoms with Crippen LogP contribution in [0.4, 0.5) is 21.5 Å². The number of hydrogen-bond donors (Lipinski definition) is 2. The molecule has 0 radical (unpaired) electrons. The predicted octanol–water partition coefficient (Wildman–Crippen LogP) is 4.74. The van der Waals surface area contributed by atoms with E-state index in [1.54, 1.807) is 30.3 Å². The van der Waals surface area contributed by atoms with Crippen LogP contribution in [0.25, 0.3) is 0 Å². The maximum absolute atomic E-state index is 13.2. The Balaban J connectivity index is 1.76. The van der Waals surface area contributed by atoms with Crippen molar-refractivity contribution >= 4 is 34.6 Å². The lowest BCUT2D eigenvalue weighted by Crippen LogP contribution is -2.12. The minimum atomic E-state index is -0.511. The Hall–Kier alpha value is -3.43. The van der Waals surface area contributed by atoms with E-state index in [1.165, 1.54) is 30.6 Å². The third-order valence-electron chi connectivity index (χ3n) is 3.46. The molecule has 2 aromatic carbocycles. The molecule has 0 aliphatic heterocycles. The predicted molar refractivity (Wildman–Crippen MR) is 98.0 cm³/mol.